The van der Waals surface area contributed by atoms with E-state index in [-0.39, 0.29) is 35.6 Å². The molecule has 1 aromatic carbocycles. The zero-order chi connectivity index (χ0) is 9.14. The number of nitrogens with zero attached hydrogens (tertiary/aromatic N) is 1. The van der Waals surface area contributed by atoms with Gasteiger partial charge in [0.2, 0.25) is 0 Å². The Labute approximate surface area is 92.6 Å². The fraction of sp³-hybridized carbons (Fsp3) is 0. The predicted octanol–water partition coefficient (Wildman–Crippen LogP) is 1.69. The number of benzene rings is 1. The summed E-state index contributed by atoms with van der Waals surface area (Å²) in [5.41, 5.74) is 0.127. The Hall–Kier alpha value is -0.737. The number of hydrogen-bond donors (Lipinski definition) is 1. The molecule has 13 heavy (non-hydrogen) atoms. The van der Waals surface area contributed by atoms with E-state index in [1.54, 1.807) is 0 Å². The van der Waals surface area contributed by atoms with Crippen LogP contribution in [0.5, 0.6) is 0 Å². The van der Waals surface area contributed by atoms with Crippen molar-refractivity contribution in [3.05, 3.63) is 33.9 Å². The van der Waals surface area contributed by atoms with E-state index >= 15 is 0 Å². The molecule has 0 bridgehead atoms. The van der Waals surface area contributed by atoms with Crippen LogP contribution in [-0.2, 0) is 19.5 Å². The Morgan fingerprint density at radius 1 is 1.46 bits per heavy atom. The largest absolute Gasteiger partial charge is 2.00 e. The summed E-state index contributed by atoms with van der Waals surface area (Å²) in [6.45, 7) is 0. The average molecular weight is 249 g/mol. The minimum Gasteiger partial charge on any atom is -0.298 e. The van der Waals surface area contributed by atoms with Crippen molar-refractivity contribution in [1.82, 2.24) is 0 Å². The molecule has 0 fully saturated rings. The van der Waals surface area contributed by atoms with Gasteiger partial charge in [0, 0.05) is 11.6 Å². The second kappa shape index (κ2) is 5.09. The molecule has 62 valence electrons. The van der Waals surface area contributed by atoms with Crippen LogP contribution in [0.2, 0.25) is 0 Å². The Morgan fingerprint density at radius 2 is 2.08 bits per heavy atom. The van der Waals surface area contributed by atoms with E-state index in [1.165, 1.54) is 18.2 Å². The second-order valence-electron chi connectivity index (χ2n) is 2.12. The van der Waals surface area contributed by atoms with Crippen LogP contribution in [0.1, 0.15) is 10.4 Å². The SMILES string of the molecule is O=Cc1ccc(S)c([N+](=O)[O-])c1.[Zn+2]. The molecule has 1 aromatic rings. The molecule has 0 heterocycles. The molecule has 0 radical (unpaired) electrons. The maximum Gasteiger partial charge on any atom is 2.00 e. The van der Waals surface area contributed by atoms with Crippen LogP contribution < -0.4 is 0 Å². The first-order valence-electron chi connectivity index (χ1n) is 3.07. The van der Waals surface area contributed by atoms with Gasteiger partial charge in [-0.1, -0.05) is 6.07 Å². The third kappa shape index (κ3) is 2.90. The molecule has 0 spiro atoms. The Balaban J connectivity index is 0.00000144. The quantitative estimate of drug-likeness (QED) is 0.285. The van der Waals surface area contributed by atoms with Crippen molar-refractivity contribution in [2.75, 3.05) is 0 Å². The van der Waals surface area contributed by atoms with Crippen LogP contribution in [0.25, 0.3) is 0 Å². The van der Waals surface area contributed by atoms with Crippen LogP contribution in [0.3, 0.4) is 0 Å². The van der Waals surface area contributed by atoms with Crippen LogP contribution in [0.4, 0.5) is 5.69 Å². The van der Waals surface area contributed by atoms with Gasteiger partial charge in [0.15, 0.2) is 0 Å². The van der Waals surface area contributed by atoms with Crippen molar-refractivity contribution in [3.8, 4) is 0 Å². The standard InChI is InChI=1S/C7H5NO3S.Zn/c9-4-5-1-2-7(12)6(3-5)8(10)11;/h1-4,12H;/q;+2. The molecule has 0 saturated heterocycles. The summed E-state index contributed by atoms with van der Waals surface area (Å²) >= 11 is 3.87. The van der Waals surface area contributed by atoms with Crippen molar-refractivity contribution in [2.24, 2.45) is 0 Å². The van der Waals surface area contributed by atoms with Crippen LogP contribution in [-0.4, -0.2) is 11.2 Å². The van der Waals surface area contributed by atoms with E-state index in [1.807, 2.05) is 0 Å². The number of rotatable bonds is 2. The number of thiol groups is 1. The number of carbonyl (C=O) groups is 1. The normalized spacial score (nSPS) is 8.69. The number of nitro groups is 1. The van der Waals surface area contributed by atoms with Crippen molar-refractivity contribution in [2.45, 2.75) is 4.90 Å². The molecule has 0 aliphatic heterocycles. The molecule has 0 unspecified atom stereocenters. The minimum atomic E-state index is -0.574. The summed E-state index contributed by atoms with van der Waals surface area (Å²) in [6.07, 6.45) is 0.556. The molecule has 0 amide bonds. The second-order valence-corrected chi connectivity index (χ2v) is 2.60. The number of nitro benzene ring substituents is 1. The third-order valence-electron chi connectivity index (χ3n) is 1.33. The van der Waals surface area contributed by atoms with Crippen molar-refractivity contribution in [1.29, 1.82) is 0 Å². The molecule has 0 aromatic heterocycles. The minimum absolute atomic E-state index is 0. The van der Waals surface area contributed by atoms with E-state index in [9.17, 15) is 14.9 Å². The molecule has 0 atom stereocenters. The summed E-state index contributed by atoms with van der Waals surface area (Å²) in [5.74, 6) is 0. The van der Waals surface area contributed by atoms with Gasteiger partial charge in [0.1, 0.15) is 6.29 Å². The number of hydrogen-bond acceptors (Lipinski definition) is 4. The van der Waals surface area contributed by atoms with E-state index in [0.717, 1.165) is 0 Å². The summed E-state index contributed by atoms with van der Waals surface area (Å²) in [6, 6.07) is 4.09. The van der Waals surface area contributed by atoms with E-state index < -0.39 is 4.92 Å². The first-order valence-corrected chi connectivity index (χ1v) is 3.52. The fourth-order valence-electron chi connectivity index (χ4n) is 0.760. The van der Waals surface area contributed by atoms with Gasteiger partial charge in [-0.15, -0.1) is 12.6 Å². The number of aldehydes is 1. The van der Waals surface area contributed by atoms with Gasteiger partial charge in [-0.2, -0.15) is 0 Å². The van der Waals surface area contributed by atoms with Gasteiger partial charge in [-0.3, -0.25) is 14.9 Å². The fourth-order valence-corrected chi connectivity index (χ4v) is 0.981. The van der Waals surface area contributed by atoms with Crippen molar-refractivity contribution < 1.29 is 29.2 Å². The first kappa shape index (κ1) is 12.3. The molecule has 0 N–H and O–H groups in total. The van der Waals surface area contributed by atoms with Gasteiger partial charge in [0.25, 0.3) is 5.69 Å². The van der Waals surface area contributed by atoms with Gasteiger partial charge in [0.05, 0.1) is 9.82 Å². The molecule has 4 nitrogen and oxygen atoms in total. The third-order valence-corrected chi connectivity index (χ3v) is 1.71. The monoisotopic (exact) mass is 247 g/mol. The predicted molar refractivity (Wildman–Crippen MR) is 45.7 cm³/mol. The van der Waals surface area contributed by atoms with Gasteiger partial charge < -0.3 is 0 Å². The van der Waals surface area contributed by atoms with Gasteiger partial charge >= 0.3 is 19.5 Å². The number of carbonyl (C=O) groups excluding carboxylic acids is 1. The average Bonchev–Trinajstić information content (AvgIpc) is 2.05. The first-order chi connectivity index (χ1) is 5.65. The zero-order valence-corrected chi connectivity index (χ0v) is 10.5. The Bertz CT molecular complexity index is 343. The molecule has 0 aliphatic carbocycles. The van der Waals surface area contributed by atoms with Gasteiger partial charge in [-0.25, -0.2) is 0 Å². The van der Waals surface area contributed by atoms with Crippen molar-refractivity contribution >= 4 is 24.6 Å². The molecule has 1 rings (SSSR count). The molecular weight excluding hydrogens is 244 g/mol. The van der Waals surface area contributed by atoms with E-state index in [2.05, 4.69) is 12.6 Å². The van der Waals surface area contributed by atoms with Crippen LogP contribution >= 0.6 is 12.6 Å². The summed E-state index contributed by atoms with van der Waals surface area (Å²) in [7, 11) is 0. The maximum absolute atomic E-state index is 10.3. The Kier molecular flexibility index (Phi) is 4.80. The van der Waals surface area contributed by atoms with E-state index in [4.69, 9.17) is 0 Å². The molecule has 0 aliphatic rings. The van der Waals surface area contributed by atoms with Crippen LogP contribution in [0.15, 0.2) is 23.1 Å². The van der Waals surface area contributed by atoms with Gasteiger partial charge in [-0.05, 0) is 6.07 Å². The molecule has 6 heteroatoms. The molecular formula is C7H5NO3SZn+2. The zero-order valence-electron chi connectivity index (χ0n) is 6.64. The molecule has 0 saturated carbocycles. The van der Waals surface area contributed by atoms with E-state index in [0.29, 0.717) is 6.29 Å². The summed E-state index contributed by atoms with van der Waals surface area (Å²) in [4.78, 5) is 20.3. The topological polar surface area (TPSA) is 60.2 Å². The van der Waals surface area contributed by atoms with Crippen LogP contribution in [0, 0.1) is 10.1 Å². The summed E-state index contributed by atoms with van der Waals surface area (Å²) in [5, 5.41) is 10.3. The summed E-state index contributed by atoms with van der Waals surface area (Å²) < 4.78 is 0. The maximum atomic E-state index is 10.3. The smallest absolute Gasteiger partial charge is 0.298 e. The Morgan fingerprint density at radius 3 is 2.54 bits per heavy atom. The van der Waals surface area contributed by atoms with Crippen molar-refractivity contribution in [3.63, 3.8) is 0 Å².